The zero-order chi connectivity index (χ0) is 15.7. The third-order valence-electron chi connectivity index (χ3n) is 3.40. The molecule has 2 rings (SSSR count). The number of ether oxygens (including phenoxy) is 1. The molecule has 1 aliphatic rings. The first-order valence-electron chi connectivity index (χ1n) is 6.45. The second-order valence-corrected chi connectivity index (χ2v) is 5.22. The molecule has 1 saturated heterocycles. The first kappa shape index (κ1) is 15.9. The van der Waals surface area contributed by atoms with Crippen molar-refractivity contribution in [2.45, 2.75) is 31.5 Å². The molecule has 1 N–H and O–H groups in total. The Bertz CT molecular complexity index is 474. The van der Waals surface area contributed by atoms with Gasteiger partial charge in [-0.25, -0.2) is 13.8 Å². The molecule has 1 aliphatic heterocycles. The van der Waals surface area contributed by atoms with E-state index in [-0.39, 0.29) is 30.9 Å². The second-order valence-electron chi connectivity index (χ2n) is 5.22. The molecule has 0 aliphatic carbocycles. The molecule has 0 aromatic carbocycles. The Morgan fingerprint density at radius 2 is 2.10 bits per heavy atom. The van der Waals surface area contributed by atoms with Gasteiger partial charge in [0.05, 0.1) is 12.1 Å². The molecule has 0 bridgehead atoms. The highest BCUT2D eigenvalue weighted by molar-refractivity contribution is 5.20. The van der Waals surface area contributed by atoms with Crippen LogP contribution in [0.2, 0.25) is 0 Å². The fourth-order valence-corrected chi connectivity index (χ4v) is 2.20. The summed E-state index contributed by atoms with van der Waals surface area (Å²) in [6.07, 6.45) is -4.01. The molecular formula is C13H15F5N2O. The van der Waals surface area contributed by atoms with Crippen LogP contribution in [0, 0.1) is 5.92 Å². The van der Waals surface area contributed by atoms with Crippen molar-refractivity contribution < 1.29 is 26.7 Å². The Labute approximate surface area is 118 Å². The second kappa shape index (κ2) is 5.75. The fraction of sp³-hybridized carbons (Fsp3) is 0.615. The molecule has 8 heteroatoms. The Hall–Kier alpha value is -1.44. The van der Waals surface area contributed by atoms with E-state index in [1.807, 2.05) is 0 Å². The van der Waals surface area contributed by atoms with E-state index >= 15 is 0 Å². The van der Waals surface area contributed by atoms with Crippen molar-refractivity contribution in [1.82, 2.24) is 10.3 Å². The van der Waals surface area contributed by atoms with Crippen LogP contribution in [0.5, 0.6) is 5.88 Å². The number of piperidine rings is 1. The number of halogens is 5. The van der Waals surface area contributed by atoms with Crippen molar-refractivity contribution in [3.05, 3.63) is 23.9 Å². The third kappa shape index (κ3) is 4.26. The lowest BCUT2D eigenvalue weighted by molar-refractivity contribution is -0.137. The summed E-state index contributed by atoms with van der Waals surface area (Å²) in [4.78, 5) is 3.57. The SMILES string of the molecule is C[C@@H]1CC(F)(F)CN[C@@H]1COc1ccc(C(F)(F)F)cn1. The van der Waals surface area contributed by atoms with Crippen LogP contribution in [0.1, 0.15) is 18.9 Å². The molecule has 1 aromatic heterocycles. The maximum atomic E-state index is 13.1. The predicted octanol–water partition coefficient (Wildman–Crippen LogP) is 3.11. The summed E-state index contributed by atoms with van der Waals surface area (Å²) in [5, 5.41) is 2.68. The number of aromatic nitrogens is 1. The summed E-state index contributed by atoms with van der Waals surface area (Å²) >= 11 is 0. The average Bonchev–Trinajstić information content (AvgIpc) is 2.36. The van der Waals surface area contributed by atoms with Crippen molar-refractivity contribution in [2.75, 3.05) is 13.2 Å². The molecule has 0 unspecified atom stereocenters. The summed E-state index contributed by atoms with van der Waals surface area (Å²) < 4.78 is 68.6. The number of hydrogen-bond donors (Lipinski definition) is 1. The van der Waals surface area contributed by atoms with E-state index in [2.05, 4.69) is 10.3 Å². The molecule has 1 aromatic rings. The first-order valence-corrected chi connectivity index (χ1v) is 6.45. The van der Waals surface area contributed by atoms with Gasteiger partial charge in [-0.2, -0.15) is 13.2 Å². The Morgan fingerprint density at radius 3 is 2.62 bits per heavy atom. The Morgan fingerprint density at radius 1 is 1.38 bits per heavy atom. The van der Waals surface area contributed by atoms with Gasteiger partial charge in [-0.1, -0.05) is 6.92 Å². The molecule has 21 heavy (non-hydrogen) atoms. The molecule has 118 valence electrons. The molecule has 2 heterocycles. The maximum absolute atomic E-state index is 13.1. The molecule has 0 radical (unpaired) electrons. The predicted molar refractivity (Wildman–Crippen MR) is 65.3 cm³/mol. The number of alkyl halides is 5. The molecule has 0 amide bonds. The van der Waals surface area contributed by atoms with E-state index < -0.39 is 24.2 Å². The van der Waals surface area contributed by atoms with Crippen LogP contribution in [0.25, 0.3) is 0 Å². The van der Waals surface area contributed by atoms with E-state index in [1.54, 1.807) is 6.92 Å². The third-order valence-corrected chi connectivity index (χ3v) is 3.40. The average molecular weight is 310 g/mol. The zero-order valence-electron chi connectivity index (χ0n) is 11.3. The van der Waals surface area contributed by atoms with Crippen molar-refractivity contribution >= 4 is 0 Å². The lowest BCUT2D eigenvalue weighted by Crippen LogP contribution is -2.52. The molecule has 2 atom stereocenters. The van der Waals surface area contributed by atoms with Crippen molar-refractivity contribution in [2.24, 2.45) is 5.92 Å². The van der Waals surface area contributed by atoms with Gasteiger partial charge in [0, 0.05) is 24.7 Å². The van der Waals surface area contributed by atoms with Gasteiger partial charge >= 0.3 is 6.18 Å². The van der Waals surface area contributed by atoms with Crippen LogP contribution in [0.15, 0.2) is 18.3 Å². The Balaban J connectivity index is 1.89. The number of hydrogen-bond acceptors (Lipinski definition) is 3. The highest BCUT2D eigenvalue weighted by Gasteiger charge is 2.39. The summed E-state index contributed by atoms with van der Waals surface area (Å²) in [5.74, 6) is -3.00. The molecule has 3 nitrogen and oxygen atoms in total. The van der Waals surface area contributed by atoms with Crippen LogP contribution < -0.4 is 10.1 Å². The molecular weight excluding hydrogens is 295 g/mol. The standard InChI is InChI=1S/C13H15F5N2O/c1-8-4-12(14,15)7-20-10(8)6-21-11-3-2-9(5-19-11)13(16,17)18/h2-3,5,8,10,20H,4,6-7H2,1H3/t8-,10-/m1/s1. The van der Waals surface area contributed by atoms with Gasteiger partial charge in [-0.05, 0) is 12.0 Å². The maximum Gasteiger partial charge on any atom is 0.417 e. The number of nitrogens with zero attached hydrogens (tertiary/aromatic N) is 1. The smallest absolute Gasteiger partial charge is 0.417 e. The lowest BCUT2D eigenvalue weighted by Gasteiger charge is -2.34. The topological polar surface area (TPSA) is 34.1 Å². The molecule has 0 saturated carbocycles. The minimum atomic E-state index is -4.45. The zero-order valence-corrected chi connectivity index (χ0v) is 11.3. The number of nitrogens with one attached hydrogen (secondary N) is 1. The van der Waals surface area contributed by atoms with Crippen LogP contribution in [0.4, 0.5) is 22.0 Å². The summed E-state index contributed by atoms with van der Waals surface area (Å²) in [7, 11) is 0. The van der Waals surface area contributed by atoms with Gasteiger partial charge < -0.3 is 10.1 Å². The van der Waals surface area contributed by atoms with Crippen molar-refractivity contribution in [1.29, 1.82) is 0 Å². The highest BCUT2D eigenvalue weighted by Crippen LogP contribution is 2.30. The largest absolute Gasteiger partial charge is 0.476 e. The van der Waals surface area contributed by atoms with E-state index in [1.165, 1.54) is 0 Å². The number of rotatable bonds is 3. The number of pyridine rings is 1. The van der Waals surface area contributed by atoms with E-state index in [4.69, 9.17) is 4.74 Å². The van der Waals surface area contributed by atoms with Crippen LogP contribution in [-0.4, -0.2) is 30.1 Å². The van der Waals surface area contributed by atoms with Gasteiger partial charge in [0.1, 0.15) is 6.61 Å². The normalized spacial score (nSPS) is 25.6. The van der Waals surface area contributed by atoms with Gasteiger partial charge in [0.2, 0.25) is 5.88 Å². The van der Waals surface area contributed by atoms with Gasteiger partial charge in [-0.15, -0.1) is 0 Å². The van der Waals surface area contributed by atoms with E-state index in [9.17, 15) is 22.0 Å². The van der Waals surface area contributed by atoms with Crippen LogP contribution >= 0.6 is 0 Å². The highest BCUT2D eigenvalue weighted by atomic mass is 19.4. The quantitative estimate of drug-likeness (QED) is 0.871. The fourth-order valence-electron chi connectivity index (χ4n) is 2.20. The molecule has 1 fully saturated rings. The lowest BCUT2D eigenvalue weighted by atomic mass is 9.91. The van der Waals surface area contributed by atoms with Crippen LogP contribution in [-0.2, 0) is 6.18 Å². The molecule has 0 spiro atoms. The van der Waals surface area contributed by atoms with Gasteiger partial charge in [-0.3, -0.25) is 0 Å². The Kier molecular flexibility index (Phi) is 4.36. The summed E-state index contributed by atoms with van der Waals surface area (Å²) in [6, 6.07) is 1.70. The van der Waals surface area contributed by atoms with E-state index in [0.717, 1.165) is 12.1 Å². The summed E-state index contributed by atoms with van der Waals surface area (Å²) in [5.41, 5.74) is -0.862. The van der Waals surface area contributed by atoms with Gasteiger partial charge in [0.25, 0.3) is 5.92 Å². The van der Waals surface area contributed by atoms with E-state index in [0.29, 0.717) is 6.20 Å². The van der Waals surface area contributed by atoms with Gasteiger partial charge in [0.15, 0.2) is 0 Å². The van der Waals surface area contributed by atoms with Crippen molar-refractivity contribution in [3.8, 4) is 5.88 Å². The summed E-state index contributed by atoms with van der Waals surface area (Å²) in [6.45, 7) is 1.33. The van der Waals surface area contributed by atoms with Crippen molar-refractivity contribution in [3.63, 3.8) is 0 Å². The monoisotopic (exact) mass is 310 g/mol. The minimum Gasteiger partial charge on any atom is -0.476 e. The van der Waals surface area contributed by atoms with Crippen LogP contribution in [0.3, 0.4) is 0 Å². The minimum absolute atomic E-state index is 0.0364. The first-order chi connectivity index (χ1) is 9.67.